The van der Waals surface area contributed by atoms with Gasteiger partial charge in [-0.1, -0.05) is 6.92 Å². The third-order valence-electron chi connectivity index (χ3n) is 4.66. The lowest BCUT2D eigenvalue weighted by Gasteiger charge is -2.26. The molecule has 2 aromatic rings. The smallest absolute Gasteiger partial charge is 0.337 e. The summed E-state index contributed by atoms with van der Waals surface area (Å²) >= 11 is 3.42. The molecule has 1 fully saturated rings. The van der Waals surface area contributed by atoms with E-state index in [-0.39, 0.29) is 16.8 Å². The third-order valence-corrected chi connectivity index (χ3v) is 5.25. The first kappa shape index (κ1) is 24.0. The molecule has 9 nitrogen and oxygen atoms in total. The predicted molar refractivity (Wildman–Crippen MR) is 123 cm³/mol. The number of ether oxygens (including phenoxy) is 3. The number of barbiturate groups is 1. The number of anilines is 1. The van der Waals surface area contributed by atoms with Crippen LogP contribution in [0.2, 0.25) is 0 Å². The zero-order valence-electron chi connectivity index (χ0n) is 18.1. The maximum atomic E-state index is 13.1. The number of rotatable bonds is 7. The molecule has 0 aromatic heterocycles. The Morgan fingerprint density at radius 1 is 1.12 bits per heavy atom. The van der Waals surface area contributed by atoms with E-state index in [1.807, 2.05) is 6.92 Å². The number of hydrogen-bond acceptors (Lipinski definition) is 7. The normalized spacial score (nSPS) is 14.8. The molecule has 1 aliphatic heterocycles. The van der Waals surface area contributed by atoms with Gasteiger partial charge in [-0.05, 0) is 70.4 Å². The molecular weight excluding hydrogens is 496 g/mol. The number of imide groups is 2. The van der Waals surface area contributed by atoms with E-state index in [4.69, 9.17) is 9.47 Å². The van der Waals surface area contributed by atoms with Gasteiger partial charge < -0.3 is 14.2 Å². The van der Waals surface area contributed by atoms with Crippen LogP contribution in [-0.2, 0) is 14.3 Å². The molecule has 0 spiro atoms. The molecule has 0 atom stereocenters. The van der Waals surface area contributed by atoms with Crippen molar-refractivity contribution in [2.75, 3.05) is 25.7 Å². The average molecular weight is 517 g/mol. The van der Waals surface area contributed by atoms with Gasteiger partial charge in [0.25, 0.3) is 11.8 Å². The van der Waals surface area contributed by atoms with Crippen molar-refractivity contribution in [2.45, 2.75) is 13.3 Å². The fraction of sp³-hybridized carbons (Fsp3) is 0.217. The molecule has 4 amide bonds. The van der Waals surface area contributed by atoms with Crippen molar-refractivity contribution in [1.29, 1.82) is 0 Å². The van der Waals surface area contributed by atoms with E-state index >= 15 is 0 Å². The highest BCUT2D eigenvalue weighted by atomic mass is 79.9. The molecule has 0 unspecified atom stereocenters. The Bertz CT molecular complexity index is 1140. The maximum absolute atomic E-state index is 13.1. The van der Waals surface area contributed by atoms with Gasteiger partial charge >= 0.3 is 12.0 Å². The van der Waals surface area contributed by atoms with Crippen molar-refractivity contribution in [3.05, 3.63) is 57.6 Å². The van der Waals surface area contributed by atoms with E-state index in [2.05, 4.69) is 26.0 Å². The van der Waals surface area contributed by atoms with Crippen molar-refractivity contribution in [1.82, 2.24) is 5.32 Å². The number of benzene rings is 2. The minimum atomic E-state index is -0.893. The molecule has 0 saturated carbocycles. The summed E-state index contributed by atoms with van der Waals surface area (Å²) in [7, 11) is 2.73. The molecule has 1 heterocycles. The maximum Gasteiger partial charge on any atom is 0.337 e. The number of nitrogens with one attached hydrogen (secondary N) is 1. The predicted octanol–water partition coefficient (Wildman–Crippen LogP) is 3.70. The largest absolute Gasteiger partial charge is 0.493 e. The molecule has 10 heteroatoms. The van der Waals surface area contributed by atoms with Gasteiger partial charge in [0, 0.05) is 0 Å². The van der Waals surface area contributed by atoms with Crippen LogP contribution in [0.15, 0.2) is 46.4 Å². The highest BCUT2D eigenvalue weighted by Gasteiger charge is 2.37. The number of urea groups is 1. The van der Waals surface area contributed by atoms with E-state index in [1.165, 1.54) is 44.6 Å². The second-order valence-corrected chi connectivity index (χ2v) is 7.73. The van der Waals surface area contributed by atoms with Gasteiger partial charge in [-0.3, -0.25) is 14.9 Å². The first-order valence-corrected chi connectivity index (χ1v) is 10.7. The van der Waals surface area contributed by atoms with Crippen LogP contribution in [-0.4, -0.2) is 44.6 Å². The lowest BCUT2D eigenvalue weighted by molar-refractivity contribution is -0.122. The highest BCUT2D eigenvalue weighted by molar-refractivity contribution is 9.10. The van der Waals surface area contributed by atoms with Crippen LogP contribution in [0, 0.1) is 0 Å². The molecule has 1 aliphatic rings. The lowest BCUT2D eigenvalue weighted by atomic mass is 10.1. The molecule has 0 radical (unpaired) electrons. The fourth-order valence-electron chi connectivity index (χ4n) is 3.09. The molecule has 33 heavy (non-hydrogen) atoms. The SMILES string of the molecule is CCCOc1c(Br)cc(/C=C2\C(=O)NC(=O)N(c3ccc(C(=O)OC)cc3)C2=O)cc1OC. The molecular formula is C23H21BrN2O7. The van der Waals surface area contributed by atoms with Gasteiger partial charge in [-0.25, -0.2) is 14.5 Å². The van der Waals surface area contributed by atoms with E-state index in [0.717, 1.165) is 11.3 Å². The quantitative estimate of drug-likeness (QED) is 0.339. The summed E-state index contributed by atoms with van der Waals surface area (Å²) in [6, 6.07) is 8.06. The molecule has 0 bridgehead atoms. The Hall–Kier alpha value is -3.66. The van der Waals surface area contributed by atoms with Crippen LogP contribution in [0.5, 0.6) is 11.5 Å². The number of hydrogen-bond donors (Lipinski definition) is 1. The van der Waals surface area contributed by atoms with Crippen LogP contribution in [0.25, 0.3) is 6.08 Å². The Morgan fingerprint density at radius 2 is 1.82 bits per heavy atom. The van der Waals surface area contributed by atoms with Crippen molar-refractivity contribution in [2.24, 2.45) is 0 Å². The molecule has 172 valence electrons. The number of esters is 1. The molecule has 3 rings (SSSR count). The van der Waals surface area contributed by atoms with Crippen molar-refractivity contribution in [3.63, 3.8) is 0 Å². The zero-order valence-corrected chi connectivity index (χ0v) is 19.7. The van der Waals surface area contributed by atoms with Gasteiger partial charge in [-0.15, -0.1) is 0 Å². The van der Waals surface area contributed by atoms with Gasteiger partial charge in [0.1, 0.15) is 5.57 Å². The zero-order chi connectivity index (χ0) is 24.1. The average Bonchev–Trinajstić information content (AvgIpc) is 2.80. The van der Waals surface area contributed by atoms with Gasteiger partial charge in [0.05, 0.1) is 36.6 Å². The summed E-state index contributed by atoms with van der Waals surface area (Å²) in [4.78, 5) is 50.4. The number of methoxy groups -OCH3 is 2. The Morgan fingerprint density at radius 3 is 2.42 bits per heavy atom. The Balaban J connectivity index is 1.97. The molecule has 0 aliphatic carbocycles. The summed E-state index contributed by atoms with van der Waals surface area (Å²) in [6.45, 7) is 2.46. The fourth-order valence-corrected chi connectivity index (χ4v) is 3.66. The Labute approximate surface area is 198 Å². The molecule has 2 aromatic carbocycles. The summed E-state index contributed by atoms with van der Waals surface area (Å²) in [6.07, 6.45) is 2.16. The van der Waals surface area contributed by atoms with Gasteiger partial charge in [0.15, 0.2) is 11.5 Å². The summed E-state index contributed by atoms with van der Waals surface area (Å²) < 4.78 is 16.3. The lowest BCUT2D eigenvalue weighted by Crippen LogP contribution is -2.54. The van der Waals surface area contributed by atoms with E-state index < -0.39 is 23.8 Å². The topological polar surface area (TPSA) is 111 Å². The number of carbonyl (C=O) groups excluding carboxylic acids is 4. The summed E-state index contributed by atoms with van der Waals surface area (Å²) in [5.41, 5.74) is 0.671. The second-order valence-electron chi connectivity index (χ2n) is 6.88. The summed E-state index contributed by atoms with van der Waals surface area (Å²) in [5, 5.41) is 2.16. The van der Waals surface area contributed by atoms with Gasteiger partial charge in [0.2, 0.25) is 0 Å². The van der Waals surface area contributed by atoms with Crippen LogP contribution >= 0.6 is 15.9 Å². The van der Waals surface area contributed by atoms with Crippen molar-refractivity contribution in [3.8, 4) is 11.5 Å². The van der Waals surface area contributed by atoms with Crippen LogP contribution in [0.1, 0.15) is 29.3 Å². The van der Waals surface area contributed by atoms with Crippen LogP contribution < -0.4 is 19.7 Å². The first-order chi connectivity index (χ1) is 15.8. The van der Waals surface area contributed by atoms with Crippen LogP contribution in [0.4, 0.5) is 10.5 Å². The van der Waals surface area contributed by atoms with E-state index in [9.17, 15) is 19.2 Å². The minimum absolute atomic E-state index is 0.186. The van der Waals surface area contributed by atoms with Gasteiger partial charge in [-0.2, -0.15) is 0 Å². The number of carbonyl (C=O) groups is 4. The minimum Gasteiger partial charge on any atom is -0.493 e. The number of halogens is 1. The Kier molecular flexibility index (Phi) is 7.49. The first-order valence-electron chi connectivity index (χ1n) is 9.90. The van der Waals surface area contributed by atoms with E-state index in [1.54, 1.807) is 12.1 Å². The van der Waals surface area contributed by atoms with E-state index in [0.29, 0.717) is 28.1 Å². The molecule has 1 N–H and O–H groups in total. The number of nitrogens with zero attached hydrogens (tertiary/aromatic N) is 1. The number of amides is 4. The highest BCUT2D eigenvalue weighted by Crippen LogP contribution is 2.37. The standard InChI is InChI=1S/C23H21BrN2O7/c1-4-9-33-19-17(24)11-13(12-18(19)31-2)10-16-20(27)25-23(30)26(21(16)28)15-7-5-14(6-8-15)22(29)32-3/h5-8,10-12H,4,9H2,1-3H3,(H,25,27,30)/b16-10+. The third kappa shape index (κ3) is 5.06. The second kappa shape index (κ2) is 10.3. The summed E-state index contributed by atoms with van der Waals surface area (Å²) in [5.74, 6) is -1.27. The monoisotopic (exact) mass is 516 g/mol. The van der Waals surface area contributed by atoms with Crippen molar-refractivity contribution < 1.29 is 33.4 Å². The molecule has 1 saturated heterocycles. The van der Waals surface area contributed by atoms with Crippen LogP contribution in [0.3, 0.4) is 0 Å². The van der Waals surface area contributed by atoms with Crippen molar-refractivity contribution >= 4 is 51.5 Å².